The molecule has 0 saturated carbocycles. The van der Waals surface area contributed by atoms with Crippen LogP contribution in [0.3, 0.4) is 0 Å². The fraction of sp³-hybridized carbons (Fsp3) is 1.00. The first-order chi connectivity index (χ1) is 4.04. The molecular weight excluding hydrogens is 119 g/mol. The molecule has 3 unspecified atom stereocenters. The van der Waals surface area contributed by atoms with E-state index in [9.17, 15) is 4.39 Å². The molecule has 54 valence electrons. The third-order valence-corrected chi connectivity index (χ3v) is 2.28. The molecule has 0 N–H and O–H groups in total. The van der Waals surface area contributed by atoms with Gasteiger partial charge in [0.1, 0.15) is 5.67 Å². The predicted octanol–water partition coefficient (Wildman–Crippen LogP) is 1.77. The molecule has 0 amide bonds. The van der Waals surface area contributed by atoms with Gasteiger partial charge in [-0.15, -0.1) is 0 Å². The van der Waals surface area contributed by atoms with Gasteiger partial charge in [0.15, 0.2) is 0 Å². The Morgan fingerprint density at radius 2 is 2.11 bits per heavy atom. The van der Waals surface area contributed by atoms with Crippen molar-refractivity contribution in [3.63, 3.8) is 0 Å². The van der Waals surface area contributed by atoms with Gasteiger partial charge in [-0.25, -0.2) is 4.39 Å². The van der Waals surface area contributed by atoms with Crippen LogP contribution in [0.25, 0.3) is 0 Å². The topological polar surface area (TPSA) is 9.23 Å². The van der Waals surface area contributed by atoms with Crippen molar-refractivity contribution >= 4 is 0 Å². The Morgan fingerprint density at radius 3 is 2.22 bits per heavy atom. The van der Waals surface area contributed by atoms with E-state index in [2.05, 4.69) is 0 Å². The SMILES string of the molecule is CC1OCC(C)(F)C1C. The monoisotopic (exact) mass is 132 g/mol. The Labute approximate surface area is 55.2 Å². The van der Waals surface area contributed by atoms with Crippen molar-refractivity contribution in [3.05, 3.63) is 0 Å². The lowest BCUT2D eigenvalue weighted by atomic mass is 9.92. The molecule has 0 bridgehead atoms. The average molecular weight is 132 g/mol. The van der Waals surface area contributed by atoms with Crippen molar-refractivity contribution in [3.8, 4) is 0 Å². The Kier molecular flexibility index (Phi) is 1.51. The van der Waals surface area contributed by atoms with E-state index in [0.717, 1.165) is 0 Å². The largest absolute Gasteiger partial charge is 0.375 e. The standard InChI is InChI=1S/C7H13FO/c1-5-6(2)9-4-7(5,3)8/h5-6H,4H2,1-3H3. The number of hydrogen-bond donors (Lipinski definition) is 0. The third-order valence-electron chi connectivity index (χ3n) is 2.28. The van der Waals surface area contributed by atoms with E-state index in [0.29, 0.717) is 0 Å². The zero-order valence-electron chi connectivity index (χ0n) is 6.15. The maximum Gasteiger partial charge on any atom is 0.136 e. The van der Waals surface area contributed by atoms with Crippen molar-refractivity contribution < 1.29 is 9.13 Å². The molecule has 0 aromatic heterocycles. The minimum Gasteiger partial charge on any atom is -0.375 e. The van der Waals surface area contributed by atoms with E-state index in [-0.39, 0.29) is 18.6 Å². The summed E-state index contributed by atoms with van der Waals surface area (Å²) in [4.78, 5) is 0. The summed E-state index contributed by atoms with van der Waals surface area (Å²) in [7, 11) is 0. The summed E-state index contributed by atoms with van der Waals surface area (Å²) >= 11 is 0. The van der Waals surface area contributed by atoms with Gasteiger partial charge in [0.05, 0.1) is 12.7 Å². The minimum absolute atomic E-state index is 0.0394. The molecule has 1 heterocycles. The van der Waals surface area contributed by atoms with Gasteiger partial charge in [-0.05, 0) is 13.8 Å². The highest BCUT2D eigenvalue weighted by molar-refractivity contribution is 4.88. The second-order valence-corrected chi connectivity index (χ2v) is 3.08. The second kappa shape index (κ2) is 1.94. The van der Waals surface area contributed by atoms with E-state index in [1.807, 2.05) is 13.8 Å². The zero-order chi connectivity index (χ0) is 7.07. The highest BCUT2D eigenvalue weighted by Crippen LogP contribution is 2.33. The normalized spacial score (nSPS) is 52.0. The maximum absolute atomic E-state index is 13.1. The first kappa shape index (κ1) is 7.00. The molecule has 1 rings (SSSR count). The summed E-state index contributed by atoms with van der Waals surface area (Å²) in [5.74, 6) is 0.0394. The smallest absolute Gasteiger partial charge is 0.136 e. The predicted molar refractivity (Wildman–Crippen MR) is 34.1 cm³/mol. The van der Waals surface area contributed by atoms with Crippen molar-refractivity contribution in [2.75, 3.05) is 6.61 Å². The molecule has 1 fully saturated rings. The number of ether oxygens (including phenoxy) is 1. The molecule has 0 spiro atoms. The molecule has 0 radical (unpaired) electrons. The molecule has 0 aliphatic carbocycles. The van der Waals surface area contributed by atoms with Gasteiger partial charge < -0.3 is 4.74 Å². The quantitative estimate of drug-likeness (QED) is 0.488. The van der Waals surface area contributed by atoms with Crippen LogP contribution in [0.4, 0.5) is 4.39 Å². The molecule has 3 atom stereocenters. The van der Waals surface area contributed by atoms with Gasteiger partial charge in [-0.3, -0.25) is 0 Å². The summed E-state index contributed by atoms with van der Waals surface area (Å²) in [6.45, 7) is 5.66. The molecule has 1 aliphatic rings. The number of alkyl halides is 1. The van der Waals surface area contributed by atoms with Gasteiger partial charge in [0.2, 0.25) is 0 Å². The summed E-state index contributed by atoms with van der Waals surface area (Å²) in [6, 6.07) is 0. The lowest BCUT2D eigenvalue weighted by Gasteiger charge is -2.17. The lowest BCUT2D eigenvalue weighted by molar-refractivity contribution is 0.0945. The Hall–Kier alpha value is -0.110. The van der Waals surface area contributed by atoms with Gasteiger partial charge in [0.25, 0.3) is 0 Å². The van der Waals surface area contributed by atoms with Crippen LogP contribution in [0, 0.1) is 5.92 Å². The van der Waals surface area contributed by atoms with Crippen LogP contribution in [0.1, 0.15) is 20.8 Å². The molecule has 0 aromatic rings. The van der Waals surface area contributed by atoms with Crippen LogP contribution in [0.15, 0.2) is 0 Å². The molecule has 1 nitrogen and oxygen atoms in total. The third kappa shape index (κ3) is 1.08. The van der Waals surface area contributed by atoms with Gasteiger partial charge in [-0.2, -0.15) is 0 Å². The lowest BCUT2D eigenvalue weighted by Crippen LogP contribution is -2.27. The first-order valence-corrected chi connectivity index (χ1v) is 3.34. The highest BCUT2D eigenvalue weighted by Gasteiger charge is 2.41. The zero-order valence-corrected chi connectivity index (χ0v) is 6.15. The Bertz CT molecular complexity index is 111. The van der Waals surface area contributed by atoms with Gasteiger partial charge in [0, 0.05) is 5.92 Å². The van der Waals surface area contributed by atoms with Crippen LogP contribution in [0.2, 0.25) is 0 Å². The summed E-state index contributed by atoms with van der Waals surface area (Å²) in [5, 5.41) is 0. The summed E-state index contributed by atoms with van der Waals surface area (Å²) in [5.41, 5.74) is -1.10. The van der Waals surface area contributed by atoms with Gasteiger partial charge in [-0.1, -0.05) is 6.92 Å². The van der Waals surface area contributed by atoms with Crippen molar-refractivity contribution in [1.29, 1.82) is 0 Å². The van der Waals surface area contributed by atoms with Crippen LogP contribution < -0.4 is 0 Å². The second-order valence-electron chi connectivity index (χ2n) is 3.08. The van der Waals surface area contributed by atoms with Crippen LogP contribution in [-0.4, -0.2) is 18.4 Å². The maximum atomic E-state index is 13.1. The van der Waals surface area contributed by atoms with E-state index in [1.165, 1.54) is 0 Å². The number of rotatable bonds is 0. The fourth-order valence-electron chi connectivity index (χ4n) is 1.06. The van der Waals surface area contributed by atoms with Crippen molar-refractivity contribution in [2.45, 2.75) is 32.5 Å². The van der Waals surface area contributed by atoms with E-state index < -0.39 is 5.67 Å². The minimum atomic E-state index is -1.10. The summed E-state index contributed by atoms with van der Waals surface area (Å²) < 4.78 is 18.2. The number of halogens is 1. The number of hydrogen-bond acceptors (Lipinski definition) is 1. The van der Waals surface area contributed by atoms with E-state index >= 15 is 0 Å². The fourth-order valence-corrected chi connectivity index (χ4v) is 1.06. The molecule has 2 heteroatoms. The van der Waals surface area contributed by atoms with Crippen LogP contribution in [0.5, 0.6) is 0 Å². The van der Waals surface area contributed by atoms with Gasteiger partial charge >= 0.3 is 0 Å². The first-order valence-electron chi connectivity index (χ1n) is 3.34. The molecule has 1 aliphatic heterocycles. The van der Waals surface area contributed by atoms with E-state index in [1.54, 1.807) is 6.92 Å². The molecule has 9 heavy (non-hydrogen) atoms. The summed E-state index contributed by atoms with van der Waals surface area (Å²) in [6.07, 6.45) is 0.0833. The van der Waals surface area contributed by atoms with Crippen LogP contribution in [-0.2, 0) is 4.74 Å². The molecule has 0 aromatic carbocycles. The highest BCUT2D eigenvalue weighted by atomic mass is 19.1. The van der Waals surface area contributed by atoms with Crippen molar-refractivity contribution in [1.82, 2.24) is 0 Å². The Morgan fingerprint density at radius 1 is 1.56 bits per heavy atom. The molecular formula is C7H13FO. The van der Waals surface area contributed by atoms with E-state index in [4.69, 9.17) is 4.74 Å². The van der Waals surface area contributed by atoms with Crippen LogP contribution >= 0.6 is 0 Å². The van der Waals surface area contributed by atoms with Crippen molar-refractivity contribution in [2.24, 2.45) is 5.92 Å². The Balaban J connectivity index is 2.62. The molecule has 1 saturated heterocycles. The average Bonchev–Trinajstić information content (AvgIpc) is 1.97.